The highest BCUT2D eigenvalue weighted by Crippen LogP contribution is 2.28. The van der Waals surface area contributed by atoms with Crippen molar-refractivity contribution in [2.24, 2.45) is 0 Å². The summed E-state index contributed by atoms with van der Waals surface area (Å²) in [4.78, 5) is 0. The zero-order valence-electron chi connectivity index (χ0n) is 9.17. The molecule has 0 radical (unpaired) electrons. The Morgan fingerprint density at radius 2 is 2.29 bits per heavy atom. The van der Waals surface area contributed by atoms with Gasteiger partial charge in [0.2, 0.25) is 5.13 Å². The van der Waals surface area contributed by atoms with Crippen LogP contribution in [-0.2, 0) is 5.75 Å². The maximum atomic E-state index is 8.78. The van der Waals surface area contributed by atoms with Crippen LogP contribution in [0.1, 0.15) is 16.7 Å². The van der Waals surface area contributed by atoms with Crippen LogP contribution in [0.25, 0.3) is 0 Å². The minimum absolute atomic E-state index is 0.490. The number of thioether (sulfide) groups is 1. The molecule has 1 heterocycles. The SMILES string of the molecule is Cc1cc(C#N)ccc1CSc1nnc(N)s1. The molecule has 86 valence electrons. The van der Waals surface area contributed by atoms with Gasteiger partial charge in [0.15, 0.2) is 4.34 Å². The van der Waals surface area contributed by atoms with Gasteiger partial charge >= 0.3 is 0 Å². The number of hydrogen-bond acceptors (Lipinski definition) is 6. The summed E-state index contributed by atoms with van der Waals surface area (Å²) in [6.07, 6.45) is 0. The molecule has 0 unspecified atom stereocenters. The molecule has 0 bridgehead atoms. The van der Waals surface area contributed by atoms with Crippen LogP contribution >= 0.6 is 23.1 Å². The highest BCUT2D eigenvalue weighted by atomic mass is 32.2. The van der Waals surface area contributed by atoms with Gasteiger partial charge in [0, 0.05) is 5.75 Å². The first-order chi connectivity index (χ1) is 8.19. The van der Waals surface area contributed by atoms with Gasteiger partial charge in [0.1, 0.15) is 0 Å². The predicted molar refractivity (Wildman–Crippen MR) is 69.8 cm³/mol. The van der Waals surface area contributed by atoms with Crippen molar-refractivity contribution in [3.8, 4) is 6.07 Å². The van der Waals surface area contributed by atoms with Gasteiger partial charge < -0.3 is 5.73 Å². The summed E-state index contributed by atoms with van der Waals surface area (Å²) in [5.74, 6) is 0.812. The summed E-state index contributed by atoms with van der Waals surface area (Å²) < 4.78 is 0.867. The average Bonchev–Trinajstić information content (AvgIpc) is 2.73. The summed E-state index contributed by atoms with van der Waals surface area (Å²) in [7, 11) is 0. The molecule has 2 aromatic rings. The van der Waals surface area contributed by atoms with E-state index in [1.807, 2.05) is 25.1 Å². The van der Waals surface area contributed by atoms with Gasteiger partial charge in [0.25, 0.3) is 0 Å². The fraction of sp³-hybridized carbons (Fsp3) is 0.182. The lowest BCUT2D eigenvalue weighted by molar-refractivity contribution is 1.02. The number of nitrogens with zero attached hydrogens (tertiary/aromatic N) is 3. The molecule has 0 aliphatic rings. The molecule has 0 fully saturated rings. The van der Waals surface area contributed by atoms with Crippen LogP contribution in [0.5, 0.6) is 0 Å². The van der Waals surface area contributed by atoms with E-state index in [0.717, 1.165) is 15.7 Å². The van der Waals surface area contributed by atoms with Crippen LogP contribution in [-0.4, -0.2) is 10.2 Å². The normalized spacial score (nSPS) is 10.1. The van der Waals surface area contributed by atoms with Gasteiger partial charge in [-0.25, -0.2) is 0 Å². The molecular formula is C11H10N4S2. The van der Waals surface area contributed by atoms with Crippen LogP contribution in [0.3, 0.4) is 0 Å². The third-order valence-corrected chi connectivity index (χ3v) is 4.18. The number of hydrogen-bond donors (Lipinski definition) is 1. The van der Waals surface area contributed by atoms with Crippen molar-refractivity contribution in [2.45, 2.75) is 17.0 Å². The Labute approximate surface area is 107 Å². The molecular weight excluding hydrogens is 252 g/mol. The van der Waals surface area contributed by atoms with E-state index < -0.39 is 0 Å². The van der Waals surface area contributed by atoms with E-state index in [-0.39, 0.29) is 0 Å². The predicted octanol–water partition coefficient (Wildman–Crippen LogP) is 2.59. The van der Waals surface area contributed by atoms with Crippen molar-refractivity contribution >= 4 is 28.2 Å². The summed E-state index contributed by atoms with van der Waals surface area (Å²) in [6.45, 7) is 2.01. The molecule has 0 aliphatic carbocycles. The lowest BCUT2D eigenvalue weighted by Crippen LogP contribution is -1.87. The van der Waals surface area contributed by atoms with Gasteiger partial charge in [-0.2, -0.15) is 5.26 Å². The second kappa shape index (κ2) is 5.17. The van der Waals surface area contributed by atoms with Gasteiger partial charge in [-0.15, -0.1) is 10.2 Å². The average molecular weight is 262 g/mol. The minimum Gasteiger partial charge on any atom is -0.374 e. The van der Waals surface area contributed by atoms with Crippen molar-refractivity contribution in [1.82, 2.24) is 10.2 Å². The van der Waals surface area contributed by atoms with Crippen molar-refractivity contribution in [1.29, 1.82) is 5.26 Å². The Bertz CT molecular complexity index is 571. The number of nitrogens with two attached hydrogens (primary N) is 1. The van der Waals surface area contributed by atoms with Crippen molar-refractivity contribution in [3.63, 3.8) is 0 Å². The zero-order valence-corrected chi connectivity index (χ0v) is 10.8. The lowest BCUT2D eigenvalue weighted by Gasteiger charge is -2.03. The third-order valence-electron chi connectivity index (χ3n) is 2.24. The van der Waals surface area contributed by atoms with Crippen molar-refractivity contribution in [2.75, 3.05) is 5.73 Å². The molecule has 0 aliphatic heterocycles. The molecule has 0 saturated heterocycles. The van der Waals surface area contributed by atoms with Crippen LogP contribution < -0.4 is 5.73 Å². The topological polar surface area (TPSA) is 75.6 Å². The molecule has 1 aromatic carbocycles. The van der Waals surface area contributed by atoms with E-state index in [0.29, 0.717) is 10.7 Å². The molecule has 0 spiro atoms. The molecule has 17 heavy (non-hydrogen) atoms. The van der Waals surface area contributed by atoms with Crippen molar-refractivity contribution in [3.05, 3.63) is 34.9 Å². The Hall–Kier alpha value is -1.58. The van der Waals surface area contributed by atoms with Gasteiger partial charge in [-0.1, -0.05) is 29.2 Å². The summed E-state index contributed by atoms with van der Waals surface area (Å²) in [6, 6.07) is 7.83. The van der Waals surface area contributed by atoms with E-state index in [9.17, 15) is 0 Å². The van der Waals surface area contributed by atoms with E-state index in [1.165, 1.54) is 16.9 Å². The second-order valence-corrected chi connectivity index (χ2v) is 5.68. The molecule has 0 saturated carbocycles. The number of aryl methyl sites for hydroxylation is 1. The third kappa shape index (κ3) is 2.96. The summed E-state index contributed by atoms with van der Waals surface area (Å²) in [5.41, 5.74) is 8.52. The van der Waals surface area contributed by atoms with Crippen LogP contribution in [0.15, 0.2) is 22.5 Å². The Kier molecular flexibility index (Phi) is 3.61. The molecule has 2 N–H and O–H groups in total. The number of benzene rings is 1. The van der Waals surface area contributed by atoms with Crippen LogP contribution in [0.4, 0.5) is 5.13 Å². The molecule has 6 heteroatoms. The minimum atomic E-state index is 0.490. The molecule has 2 rings (SSSR count). The van der Waals surface area contributed by atoms with Crippen LogP contribution in [0, 0.1) is 18.3 Å². The first-order valence-corrected chi connectivity index (χ1v) is 6.70. The van der Waals surface area contributed by atoms with E-state index in [1.54, 1.807) is 11.8 Å². The first-order valence-electron chi connectivity index (χ1n) is 4.90. The number of anilines is 1. The number of nitriles is 1. The zero-order chi connectivity index (χ0) is 12.3. The quantitative estimate of drug-likeness (QED) is 0.860. The molecule has 0 atom stereocenters. The summed E-state index contributed by atoms with van der Waals surface area (Å²) in [5, 5.41) is 17.0. The highest BCUT2D eigenvalue weighted by molar-refractivity contribution is 8.00. The van der Waals surface area contributed by atoms with Gasteiger partial charge in [-0.3, -0.25) is 0 Å². The van der Waals surface area contributed by atoms with E-state index in [2.05, 4.69) is 16.3 Å². The monoisotopic (exact) mass is 262 g/mol. The van der Waals surface area contributed by atoms with Gasteiger partial charge in [0.05, 0.1) is 11.6 Å². The molecule has 4 nitrogen and oxygen atoms in total. The molecule has 0 amide bonds. The fourth-order valence-electron chi connectivity index (χ4n) is 1.35. The second-order valence-electron chi connectivity index (χ2n) is 3.45. The smallest absolute Gasteiger partial charge is 0.203 e. The maximum Gasteiger partial charge on any atom is 0.203 e. The summed E-state index contributed by atoms with van der Waals surface area (Å²) >= 11 is 2.99. The largest absolute Gasteiger partial charge is 0.374 e. The maximum absolute atomic E-state index is 8.78. The first kappa shape index (κ1) is 11.9. The highest BCUT2D eigenvalue weighted by Gasteiger charge is 2.05. The molecule has 1 aromatic heterocycles. The standard InChI is InChI=1S/C11H10N4S2/c1-7-4-8(5-12)2-3-9(7)6-16-11-15-14-10(13)17-11/h2-4H,6H2,1H3,(H2,13,14). The Morgan fingerprint density at radius 3 is 2.88 bits per heavy atom. The van der Waals surface area contributed by atoms with Crippen molar-refractivity contribution < 1.29 is 0 Å². The van der Waals surface area contributed by atoms with E-state index in [4.69, 9.17) is 11.0 Å². The fourth-order valence-corrected chi connectivity index (χ4v) is 3.06. The Balaban J connectivity index is 2.07. The Morgan fingerprint density at radius 1 is 1.47 bits per heavy atom. The van der Waals surface area contributed by atoms with E-state index >= 15 is 0 Å². The number of nitrogen functional groups attached to an aromatic ring is 1. The number of aromatic nitrogens is 2. The van der Waals surface area contributed by atoms with Crippen LogP contribution in [0.2, 0.25) is 0 Å². The van der Waals surface area contributed by atoms with Gasteiger partial charge in [-0.05, 0) is 30.2 Å². The lowest BCUT2D eigenvalue weighted by atomic mass is 10.1. The number of rotatable bonds is 3.